The molecule has 1 aliphatic heterocycles. The van der Waals surface area contributed by atoms with Gasteiger partial charge in [0.25, 0.3) is 10.0 Å². The molecule has 37 heavy (non-hydrogen) atoms. The number of thiocarbonyl (C=S) groups is 1. The predicted octanol–water partition coefficient (Wildman–Crippen LogP) is 4.28. The van der Waals surface area contributed by atoms with Crippen molar-refractivity contribution in [3.63, 3.8) is 0 Å². The third-order valence-electron chi connectivity index (χ3n) is 5.49. The first-order valence-corrected chi connectivity index (χ1v) is 14.9. The van der Waals surface area contributed by atoms with Crippen LogP contribution in [0.5, 0.6) is 0 Å². The first-order valence-electron chi connectivity index (χ1n) is 11.2. The van der Waals surface area contributed by atoms with Gasteiger partial charge in [-0.15, -0.1) is 0 Å². The fourth-order valence-corrected chi connectivity index (χ4v) is 6.68. The SMILES string of the molecule is Cc1ccc(NC(=S)Nc2ccc(S(=O)(=O)N3CCOCC3)cc2)c(S(=O)(=O)Nc2ccc(Cl)cc2)c1. The number of anilines is 3. The van der Waals surface area contributed by atoms with Crippen LogP contribution in [0.3, 0.4) is 0 Å². The van der Waals surface area contributed by atoms with Crippen LogP contribution in [0.15, 0.2) is 76.5 Å². The molecule has 3 N–H and O–H groups in total. The molecule has 0 saturated carbocycles. The molecule has 0 atom stereocenters. The molecule has 0 spiro atoms. The number of rotatable bonds is 7. The maximum atomic E-state index is 13.1. The highest BCUT2D eigenvalue weighted by atomic mass is 35.5. The predicted molar refractivity (Wildman–Crippen MR) is 149 cm³/mol. The van der Waals surface area contributed by atoms with Crippen molar-refractivity contribution in [1.29, 1.82) is 0 Å². The van der Waals surface area contributed by atoms with Crippen molar-refractivity contribution in [2.24, 2.45) is 0 Å². The van der Waals surface area contributed by atoms with Crippen LogP contribution in [-0.2, 0) is 24.8 Å². The molecule has 196 valence electrons. The molecule has 4 rings (SSSR count). The number of benzene rings is 3. The summed E-state index contributed by atoms with van der Waals surface area (Å²) in [4.78, 5) is 0.178. The lowest BCUT2D eigenvalue weighted by Crippen LogP contribution is -2.40. The molecular weight excluding hydrogens is 556 g/mol. The van der Waals surface area contributed by atoms with Gasteiger partial charge in [0.2, 0.25) is 10.0 Å². The van der Waals surface area contributed by atoms with Gasteiger partial charge in [0, 0.05) is 29.5 Å². The normalized spacial score (nSPS) is 14.6. The molecule has 1 aliphatic rings. The van der Waals surface area contributed by atoms with Crippen molar-refractivity contribution < 1.29 is 21.6 Å². The smallest absolute Gasteiger partial charge is 0.263 e. The van der Waals surface area contributed by atoms with E-state index in [0.717, 1.165) is 5.56 Å². The van der Waals surface area contributed by atoms with E-state index in [1.54, 1.807) is 55.5 Å². The van der Waals surface area contributed by atoms with Crippen LogP contribution < -0.4 is 15.4 Å². The molecule has 1 saturated heterocycles. The number of hydrogen-bond acceptors (Lipinski definition) is 6. The van der Waals surface area contributed by atoms with Crippen LogP contribution in [0, 0.1) is 6.92 Å². The Morgan fingerprint density at radius 3 is 2.16 bits per heavy atom. The molecule has 0 bridgehead atoms. The molecule has 3 aromatic rings. The van der Waals surface area contributed by atoms with Crippen LogP contribution in [0.1, 0.15) is 5.56 Å². The van der Waals surface area contributed by atoms with Gasteiger partial charge in [-0.2, -0.15) is 4.31 Å². The number of hydrogen-bond donors (Lipinski definition) is 3. The van der Waals surface area contributed by atoms with Crippen LogP contribution in [0.2, 0.25) is 5.02 Å². The topological polar surface area (TPSA) is 117 Å². The third kappa shape index (κ3) is 6.78. The Labute approximate surface area is 226 Å². The number of ether oxygens (including phenoxy) is 1. The lowest BCUT2D eigenvalue weighted by atomic mass is 10.2. The summed E-state index contributed by atoms with van der Waals surface area (Å²) in [6, 6.07) is 17.4. The van der Waals surface area contributed by atoms with Gasteiger partial charge in [0.05, 0.1) is 23.8 Å². The number of nitrogens with one attached hydrogen (secondary N) is 3. The van der Waals surface area contributed by atoms with E-state index < -0.39 is 20.0 Å². The highest BCUT2D eigenvalue weighted by Crippen LogP contribution is 2.26. The first kappa shape index (κ1) is 27.3. The van der Waals surface area contributed by atoms with Gasteiger partial charge in [-0.1, -0.05) is 17.7 Å². The molecule has 9 nitrogen and oxygen atoms in total. The van der Waals surface area contributed by atoms with Crippen molar-refractivity contribution in [2.75, 3.05) is 41.7 Å². The highest BCUT2D eigenvalue weighted by molar-refractivity contribution is 7.93. The molecule has 1 heterocycles. The minimum atomic E-state index is -3.95. The van der Waals surface area contributed by atoms with Crippen LogP contribution >= 0.6 is 23.8 Å². The molecule has 3 aromatic carbocycles. The lowest BCUT2D eigenvalue weighted by Gasteiger charge is -2.26. The Kier molecular flexibility index (Phi) is 8.36. The van der Waals surface area contributed by atoms with E-state index in [-0.39, 0.29) is 20.6 Å². The number of sulfonamides is 2. The summed E-state index contributed by atoms with van der Waals surface area (Å²) in [5.41, 5.74) is 1.92. The van der Waals surface area contributed by atoms with Crippen molar-refractivity contribution in [3.8, 4) is 0 Å². The molecule has 0 unspecified atom stereocenters. The van der Waals surface area contributed by atoms with E-state index in [9.17, 15) is 16.8 Å². The highest BCUT2D eigenvalue weighted by Gasteiger charge is 2.26. The Bertz CT molecular complexity index is 1490. The second kappa shape index (κ2) is 11.3. The Morgan fingerprint density at radius 2 is 1.51 bits per heavy atom. The first-order chi connectivity index (χ1) is 17.5. The number of aryl methyl sites for hydroxylation is 1. The van der Waals surface area contributed by atoms with Crippen molar-refractivity contribution in [2.45, 2.75) is 16.7 Å². The summed E-state index contributed by atoms with van der Waals surface area (Å²) in [5.74, 6) is 0. The summed E-state index contributed by atoms with van der Waals surface area (Å²) in [6.45, 7) is 3.14. The minimum Gasteiger partial charge on any atom is -0.379 e. The average molecular weight is 581 g/mol. The number of nitrogens with zero attached hydrogens (tertiary/aromatic N) is 1. The number of halogens is 1. The van der Waals surface area contributed by atoms with Crippen molar-refractivity contribution in [1.82, 2.24) is 4.31 Å². The molecule has 0 radical (unpaired) electrons. The van der Waals surface area contributed by atoms with Crippen LogP contribution in [-0.4, -0.2) is 52.6 Å². The zero-order chi connectivity index (χ0) is 26.6. The van der Waals surface area contributed by atoms with Gasteiger partial charge >= 0.3 is 0 Å². The summed E-state index contributed by atoms with van der Waals surface area (Å²) in [6.07, 6.45) is 0. The maximum Gasteiger partial charge on any atom is 0.263 e. The minimum absolute atomic E-state index is 0.0125. The molecular formula is C24H25ClN4O5S3. The summed E-state index contributed by atoms with van der Waals surface area (Å²) >= 11 is 11.3. The maximum absolute atomic E-state index is 13.1. The van der Waals surface area contributed by atoms with E-state index in [0.29, 0.717) is 42.7 Å². The van der Waals surface area contributed by atoms with E-state index >= 15 is 0 Å². The van der Waals surface area contributed by atoms with Gasteiger partial charge in [-0.3, -0.25) is 4.72 Å². The van der Waals surface area contributed by atoms with E-state index in [1.165, 1.54) is 22.5 Å². The van der Waals surface area contributed by atoms with Crippen LogP contribution in [0.4, 0.5) is 17.1 Å². The zero-order valence-corrected chi connectivity index (χ0v) is 23.0. The third-order valence-corrected chi connectivity index (χ3v) is 9.28. The second-order valence-electron chi connectivity index (χ2n) is 8.23. The largest absolute Gasteiger partial charge is 0.379 e. The Hall–Kier alpha value is -2.74. The molecule has 0 aliphatic carbocycles. The van der Waals surface area contributed by atoms with Gasteiger partial charge in [0.1, 0.15) is 4.90 Å². The van der Waals surface area contributed by atoms with E-state index in [4.69, 9.17) is 28.6 Å². The Balaban J connectivity index is 1.48. The standard InChI is InChI=1S/C24H25ClN4O5S3/c1-17-2-11-22(23(16-17)36(30,31)28-20-5-3-18(25)4-6-20)27-24(35)26-19-7-9-21(10-8-19)37(32,33)29-12-14-34-15-13-29/h2-11,16,28H,12-15H2,1H3,(H2,26,27,35). The summed E-state index contributed by atoms with van der Waals surface area (Å²) in [7, 11) is -7.57. The van der Waals surface area contributed by atoms with Gasteiger partial charge < -0.3 is 15.4 Å². The summed E-state index contributed by atoms with van der Waals surface area (Å²) < 4.78 is 61.1. The van der Waals surface area contributed by atoms with Gasteiger partial charge in [-0.25, -0.2) is 16.8 Å². The fourth-order valence-electron chi connectivity index (χ4n) is 3.61. The Morgan fingerprint density at radius 1 is 0.892 bits per heavy atom. The zero-order valence-electron chi connectivity index (χ0n) is 19.8. The monoisotopic (exact) mass is 580 g/mol. The number of morpholine rings is 1. The van der Waals surface area contributed by atoms with E-state index in [1.807, 2.05) is 0 Å². The van der Waals surface area contributed by atoms with Crippen molar-refractivity contribution >= 4 is 66.0 Å². The van der Waals surface area contributed by atoms with Gasteiger partial charge in [0.15, 0.2) is 5.11 Å². The molecule has 1 fully saturated rings. The van der Waals surface area contributed by atoms with E-state index in [2.05, 4.69) is 15.4 Å². The quantitative estimate of drug-likeness (QED) is 0.355. The lowest BCUT2D eigenvalue weighted by molar-refractivity contribution is 0.0730. The molecule has 0 amide bonds. The van der Waals surface area contributed by atoms with Crippen molar-refractivity contribution in [3.05, 3.63) is 77.3 Å². The fraction of sp³-hybridized carbons (Fsp3) is 0.208. The summed E-state index contributed by atoms with van der Waals surface area (Å²) in [5, 5.41) is 6.51. The van der Waals surface area contributed by atoms with Gasteiger partial charge in [-0.05, 0) is 85.4 Å². The molecule has 13 heteroatoms. The second-order valence-corrected chi connectivity index (χ2v) is 12.7. The van der Waals surface area contributed by atoms with Crippen LogP contribution in [0.25, 0.3) is 0 Å². The molecule has 0 aromatic heterocycles. The average Bonchev–Trinajstić information content (AvgIpc) is 2.87.